The molecule has 0 saturated carbocycles. The number of hydrogen-bond donors (Lipinski definition) is 2. The van der Waals surface area contributed by atoms with Gasteiger partial charge in [-0.3, -0.25) is 14.4 Å². The third kappa shape index (κ3) is 5.11. The Morgan fingerprint density at radius 1 is 1.14 bits per heavy atom. The number of amides is 3. The minimum absolute atomic E-state index is 0.0926. The number of aryl methyl sites for hydroxylation is 1. The average molecular weight is 410 g/mol. The predicted octanol–water partition coefficient (Wildman–Crippen LogP) is 3.00. The lowest BCUT2D eigenvalue weighted by atomic mass is 10.2. The van der Waals surface area contributed by atoms with Crippen molar-refractivity contribution < 1.29 is 24.3 Å². The summed E-state index contributed by atoms with van der Waals surface area (Å²) < 4.78 is 0. The molecule has 0 unspecified atom stereocenters. The van der Waals surface area contributed by atoms with Crippen molar-refractivity contribution in [3.8, 4) is 0 Å². The molecule has 1 aliphatic rings. The second-order valence-corrected chi connectivity index (χ2v) is 7.68. The first kappa shape index (κ1) is 20.3. The van der Waals surface area contributed by atoms with Gasteiger partial charge in [-0.1, -0.05) is 23.8 Å². The van der Waals surface area contributed by atoms with Gasteiger partial charge in [0.1, 0.15) is 0 Å². The van der Waals surface area contributed by atoms with E-state index in [4.69, 9.17) is 5.11 Å². The van der Waals surface area contributed by atoms with Crippen LogP contribution in [0.15, 0.2) is 65.6 Å². The van der Waals surface area contributed by atoms with E-state index in [1.165, 1.54) is 16.7 Å². The summed E-state index contributed by atoms with van der Waals surface area (Å²) in [5, 5.41) is 10.6. The van der Waals surface area contributed by atoms with Crippen molar-refractivity contribution in [2.24, 2.45) is 0 Å². The molecule has 3 rings (SSSR count). The van der Waals surface area contributed by atoms with Gasteiger partial charge in [0.25, 0.3) is 0 Å². The molecule has 2 aromatic carbocycles. The van der Waals surface area contributed by atoms with Crippen molar-refractivity contribution in [2.75, 3.05) is 10.2 Å². The number of aliphatic carboxylic acids is 1. The van der Waals surface area contributed by atoms with Crippen LogP contribution < -0.4 is 10.2 Å². The van der Waals surface area contributed by atoms with E-state index in [0.29, 0.717) is 16.3 Å². The molecule has 3 amide bonds. The number of carboxylic acids is 1. The Labute approximate surface area is 171 Å². The number of rotatable bonds is 6. The summed E-state index contributed by atoms with van der Waals surface area (Å²) in [4.78, 5) is 49.3. The molecule has 1 saturated heterocycles. The maximum absolute atomic E-state index is 12.8. The van der Waals surface area contributed by atoms with Crippen molar-refractivity contribution in [3.05, 3.63) is 66.2 Å². The molecule has 8 heteroatoms. The number of anilines is 2. The van der Waals surface area contributed by atoms with Crippen LogP contribution in [0.25, 0.3) is 0 Å². The lowest BCUT2D eigenvalue weighted by Gasteiger charge is -2.15. The van der Waals surface area contributed by atoms with E-state index in [1.807, 2.05) is 19.1 Å². The number of carbonyl (C=O) groups excluding carboxylic acids is 3. The van der Waals surface area contributed by atoms with Crippen molar-refractivity contribution in [2.45, 2.75) is 23.5 Å². The molecule has 0 bridgehead atoms. The minimum atomic E-state index is -1.22. The molecule has 29 heavy (non-hydrogen) atoms. The zero-order chi connectivity index (χ0) is 21.0. The quantitative estimate of drug-likeness (QED) is 0.560. The van der Waals surface area contributed by atoms with E-state index in [0.717, 1.165) is 17.7 Å². The van der Waals surface area contributed by atoms with Gasteiger partial charge in [-0.2, -0.15) is 0 Å². The van der Waals surface area contributed by atoms with Crippen molar-refractivity contribution in [1.29, 1.82) is 0 Å². The highest BCUT2D eigenvalue weighted by Gasteiger charge is 2.40. The Bertz CT molecular complexity index is 1000. The van der Waals surface area contributed by atoms with Crippen LogP contribution in [0.3, 0.4) is 0 Å². The van der Waals surface area contributed by atoms with E-state index in [1.54, 1.807) is 36.4 Å². The fourth-order valence-corrected chi connectivity index (χ4v) is 3.92. The maximum Gasteiger partial charge on any atom is 0.328 e. The lowest BCUT2D eigenvalue weighted by Crippen LogP contribution is -2.31. The molecule has 0 aromatic heterocycles. The average Bonchev–Trinajstić information content (AvgIpc) is 2.94. The van der Waals surface area contributed by atoms with Gasteiger partial charge in [-0.15, -0.1) is 11.8 Å². The highest BCUT2D eigenvalue weighted by Crippen LogP contribution is 2.34. The van der Waals surface area contributed by atoms with E-state index in [9.17, 15) is 19.2 Å². The van der Waals surface area contributed by atoms with Crippen molar-refractivity contribution >= 4 is 46.8 Å². The number of imide groups is 1. The topological polar surface area (TPSA) is 104 Å². The van der Waals surface area contributed by atoms with Gasteiger partial charge in [0.2, 0.25) is 17.7 Å². The Hall–Kier alpha value is -3.39. The van der Waals surface area contributed by atoms with Crippen LogP contribution in [0.2, 0.25) is 0 Å². The van der Waals surface area contributed by atoms with Crippen molar-refractivity contribution in [3.63, 3.8) is 0 Å². The Balaban J connectivity index is 1.69. The number of carbonyl (C=O) groups is 4. The molecule has 0 spiro atoms. The summed E-state index contributed by atoms with van der Waals surface area (Å²) in [6.45, 7) is 1.93. The van der Waals surface area contributed by atoms with Gasteiger partial charge in [0, 0.05) is 29.2 Å². The molecule has 1 fully saturated rings. The van der Waals surface area contributed by atoms with Crippen molar-refractivity contribution in [1.82, 2.24) is 0 Å². The highest BCUT2D eigenvalue weighted by molar-refractivity contribution is 8.00. The van der Waals surface area contributed by atoms with E-state index < -0.39 is 17.1 Å². The van der Waals surface area contributed by atoms with Gasteiger partial charge < -0.3 is 10.4 Å². The number of nitrogens with zero attached hydrogens (tertiary/aromatic N) is 1. The summed E-state index contributed by atoms with van der Waals surface area (Å²) in [7, 11) is 0. The Morgan fingerprint density at radius 2 is 1.86 bits per heavy atom. The molecule has 148 valence electrons. The summed E-state index contributed by atoms with van der Waals surface area (Å²) in [6.07, 6.45) is 1.76. The maximum atomic E-state index is 12.8. The van der Waals surface area contributed by atoms with Gasteiger partial charge in [0.15, 0.2) is 0 Å². The largest absolute Gasteiger partial charge is 0.478 e. The summed E-state index contributed by atoms with van der Waals surface area (Å²) in [5.41, 5.74) is 2.05. The monoisotopic (exact) mass is 410 g/mol. The van der Waals surface area contributed by atoms with Crippen LogP contribution in [0.1, 0.15) is 12.0 Å². The molecular formula is C21H18N2O5S. The molecular weight excluding hydrogens is 392 g/mol. The first-order valence-corrected chi connectivity index (χ1v) is 9.63. The first-order chi connectivity index (χ1) is 13.8. The summed E-state index contributed by atoms with van der Waals surface area (Å²) in [6, 6.07) is 14.0. The van der Waals surface area contributed by atoms with Crippen LogP contribution in [0, 0.1) is 6.92 Å². The molecule has 1 atom stereocenters. The van der Waals surface area contributed by atoms with Crippen LogP contribution in [0.5, 0.6) is 0 Å². The predicted molar refractivity (Wildman–Crippen MR) is 110 cm³/mol. The van der Waals surface area contributed by atoms with Gasteiger partial charge in [0.05, 0.1) is 10.9 Å². The molecule has 0 radical (unpaired) electrons. The number of carboxylic acid groups (broad SMARTS) is 1. The number of benzene rings is 2. The fourth-order valence-electron chi connectivity index (χ4n) is 2.80. The normalized spacial score (nSPS) is 16.4. The lowest BCUT2D eigenvalue weighted by molar-refractivity contribution is -0.131. The second-order valence-electron chi connectivity index (χ2n) is 6.40. The SMILES string of the molecule is Cc1ccc(N2C(=O)C[C@@H](Sc3cccc(NC(=O)/C=C/C(=O)O)c3)C2=O)cc1. The minimum Gasteiger partial charge on any atom is -0.478 e. The van der Waals surface area contributed by atoms with E-state index in [-0.39, 0.29) is 18.2 Å². The van der Waals surface area contributed by atoms with Gasteiger partial charge in [-0.05, 0) is 37.3 Å². The number of nitrogens with one attached hydrogen (secondary N) is 1. The molecule has 1 heterocycles. The Kier molecular flexibility index (Phi) is 6.13. The van der Waals surface area contributed by atoms with Crippen LogP contribution in [-0.4, -0.2) is 34.0 Å². The molecule has 1 aliphatic heterocycles. The van der Waals surface area contributed by atoms with Crippen LogP contribution in [-0.2, 0) is 19.2 Å². The van der Waals surface area contributed by atoms with Gasteiger partial charge >= 0.3 is 5.97 Å². The molecule has 2 aromatic rings. The van der Waals surface area contributed by atoms with E-state index in [2.05, 4.69) is 5.32 Å². The first-order valence-electron chi connectivity index (χ1n) is 8.75. The second kappa shape index (κ2) is 8.74. The number of thioether (sulfide) groups is 1. The molecule has 7 nitrogen and oxygen atoms in total. The highest BCUT2D eigenvalue weighted by atomic mass is 32.2. The third-order valence-electron chi connectivity index (χ3n) is 4.15. The summed E-state index contributed by atoms with van der Waals surface area (Å²) >= 11 is 1.25. The third-order valence-corrected chi connectivity index (χ3v) is 5.33. The Morgan fingerprint density at radius 3 is 2.55 bits per heavy atom. The zero-order valence-electron chi connectivity index (χ0n) is 15.5. The fraction of sp³-hybridized carbons (Fsp3) is 0.143. The van der Waals surface area contributed by atoms with E-state index >= 15 is 0 Å². The smallest absolute Gasteiger partial charge is 0.328 e. The van der Waals surface area contributed by atoms with Crippen LogP contribution in [0.4, 0.5) is 11.4 Å². The molecule has 0 aliphatic carbocycles. The number of hydrogen-bond acceptors (Lipinski definition) is 5. The standard InChI is InChI=1S/C21H18N2O5S/c1-13-5-7-15(8-6-13)23-19(25)12-17(21(23)28)29-16-4-2-3-14(11-16)22-18(24)9-10-20(26)27/h2-11,17H,12H2,1H3,(H,22,24)(H,26,27)/b10-9+/t17-/m1/s1. The van der Waals surface area contributed by atoms with Gasteiger partial charge in [-0.25, -0.2) is 9.69 Å². The summed E-state index contributed by atoms with van der Waals surface area (Å²) in [5.74, 6) is -2.32. The van der Waals surface area contributed by atoms with Crippen LogP contribution >= 0.6 is 11.8 Å². The zero-order valence-corrected chi connectivity index (χ0v) is 16.3. The molecule has 2 N–H and O–H groups in total.